The smallest absolute Gasteiger partial charge is 0.329 e. The van der Waals surface area contributed by atoms with E-state index in [-0.39, 0.29) is 18.2 Å². The van der Waals surface area contributed by atoms with Gasteiger partial charge in [0.15, 0.2) is 0 Å². The van der Waals surface area contributed by atoms with Crippen LogP contribution in [0, 0.1) is 5.82 Å². The third kappa shape index (κ3) is 3.98. The number of rotatable bonds is 4. The summed E-state index contributed by atoms with van der Waals surface area (Å²) < 4.78 is 50.5. The van der Waals surface area contributed by atoms with Crippen LogP contribution >= 0.6 is 0 Å². The standard InChI is InChI=1S/C11H14F4N2/c1-7(5-16)17-6-8-4-9(11(13,14)15)2-3-10(8)12/h2-4,7,17H,5-6,16H2,1H3. The Kier molecular flexibility index (Phi) is 4.47. The molecule has 1 aromatic rings. The van der Waals surface area contributed by atoms with Crippen LogP contribution in [0.5, 0.6) is 0 Å². The zero-order chi connectivity index (χ0) is 13.1. The van der Waals surface area contributed by atoms with Gasteiger partial charge in [-0.2, -0.15) is 13.2 Å². The van der Waals surface area contributed by atoms with Crippen LogP contribution in [0.2, 0.25) is 0 Å². The summed E-state index contributed by atoms with van der Waals surface area (Å²) in [6.07, 6.45) is -4.46. The molecule has 0 heterocycles. The Bertz CT molecular complexity index is 376. The molecular formula is C11H14F4N2. The van der Waals surface area contributed by atoms with E-state index in [1.165, 1.54) is 0 Å². The fourth-order valence-electron chi connectivity index (χ4n) is 1.25. The molecule has 0 saturated heterocycles. The lowest BCUT2D eigenvalue weighted by Gasteiger charge is -2.13. The Morgan fingerprint density at radius 1 is 1.35 bits per heavy atom. The van der Waals surface area contributed by atoms with Gasteiger partial charge in [0, 0.05) is 24.7 Å². The molecule has 3 N–H and O–H groups in total. The van der Waals surface area contributed by atoms with Crippen molar-refractivity contribution in [2.45, 2.75) is 25.7 Å². The highest BCUT2D eigenvalue weighted by Crippen LogP contribution is 2.30. The molecule has 1 rings (SSSR count). The summed E-state index contributed by atoms with van der Waals surface area (Å²) in [5, 5.41) is 2.84. The number of nitrogens with two attached hydrogens (primary N) is 1. The number of alkyl halides is 3. The monoisotopic (exact) mass is 250 g/mol. The molecule has 2 nitrogen and oxygen atoms in total. The van der Waals surface area contributed by atoms with E-state index in [0.717, 1.165) is 18.2 Å². The first kappa shape index (κ1) is 13.9. The Morgan fingerprint density at radius 2 is 2.00 bits per heavy atom. The quantitative estimate of drug-likeness (QED) is 0.804. The minimum atomic E-state index is -4.46. The van der Waals surface area contributed by atoms with E-state index in [1.54, 1.807) is 6.92 Å². The van der Waals surface area contributed by atoms with Crippen molar-refractivity contribution >= 4 is 0 Å². The van der Waals surface area contributed by atoms with E-state index < -0.39 is 17.6 Å². The van der Waals surface area contributed by atoms with Crippen LogP contribution in [0.3, 0.4) is 0 Å². The van der Waals surface area contributed by atoms with Crippen molar-refractivity contribution in [3.63, 3.8) is 0 Å². The van der Waals surface area contributed by atoms with Crippen LogP contribution in [0.4, 0.5) is 17.6 Å². The lowest BCUT2D eigenvalue weighted by molar-refractivity contribution is -0.137. The fourth-order valence-corrected chi connectivity index (χ4v) is 1.25. The molecule has 0 saturated carbocycles. The fraction of sp³-hybridized carbons (Fsp3) is 0.455. The average Bonchev–Trinajstić information content (AvgIpc) is 2.26. The van der Waals surface area contributed by atoms with Crippen molar-refractivity contribution in [3.8, 4) is 0 Å². The maximum Gasteiger partial charge on any atom is 0.416 e. The molecule has 0 aliphatic carbocycles. The highest BCUT2D eigenvalue weighted by Gasteiger charge is 2.30. The first-order valence-corrected chi connectivity index (χ1v) is 5.13. The summed E-state index contributed by atoms with van der Waals surface area (Å²) in [6.45, 7) is 2.13. The predicted octanol–water partition coefficient (Wildman–Crippen LogP) is 2.28. The number of hydrogen-bond donors (Lipinski definition) is 2. The van der Waals surface area contributed by atoms with Crippen molar-refractivity contribution < 1.29 is 17.6 Å². The first-order valence-electron chi connectivity index (χ1n) is 5.13. The zero-order valence-electron chi connectivity index (χ0n) is 9.31. The zero-order valence-corrected chi connectivity index (χ0v) is 9.31. The second-order valence-electron chi connectivity index (χ2n) is 3.82. The van der Waals surface area contributed by atoms with Gasteiger partial charge >= 0.3 is 6.18 Å². The minimum Gasteiger partial charge on any atom is -0.329 e. The third-order valence-corrected chi connectivity index (χ3v) is 2.37. The van der Waals surface area contributed by atoms with Crippen molar-refractivity contribution in [3.05, 3.63) is 35.1 Å². The number of hydrogen-bond acceptors (Lipinski definition) is 2. The summed E-state index contributed by atoms with van der Waals surface area (Å²) in [5.74, 6) is -0.658. The van der Waals surface area contributed by atoms with Gasteiger partial charge in [-0.05, 0) is 25.1 Å². The molecule has 0 spiro atoms. The minimum absolute atomic E-state index is 0.0138. The van der Waals surface area contributed by atoms with Crippen LogP contribution < -0.4 is 11.1 Å². The molecule has 0 aromatic heterocycles. The lowest BCUT2D eigenvalue weighted by Crippen LogP contribution is -2.32. The Balaban J connectivity index is 2.84. The summed E-state index contributed by atoms with van der Waals surface area (Å²) in [7, 11) is 0. The van der Waals surface area contributed by atoms with Crippen molar-refractivity contribution in [1.29, 1.82) is 0 Å². The van der Waals surface area contributed by atoms with Gasteiger partial charge in [-0.1, -0.05) is 0 Å². The molecular weight excluding hydrogens is 236 g/mol. The molecule has 1 unspecified atom stereocenters. The number of halogens is 4. The lowest BCUT2D eigenvalue weighted by atomic mass is 10.1. The van der Waals surface area contributed by atoms with Crippen LogP contribution in [-0.2, 0) is 12.7 Å². The second-order valence-corrected chi connectivity index (χ2v) is 3.82. The van der Waals surface area contributed by atoms with Crippen LogP contribution in [0.1, 0.15) is 18.1 Å². The topological polar surface area (TPSA) is 38.0 Å². The van der Waals surface area contributed by atoms with E-state index >= 15 is 0 Å². The Labute approximate surface area is 96.8 Å². The molecule has 0 amide bonds. The van der Waals surface area contributed by atoms with E-state index in [2.05, 4.69) is 5.32 Å². The molecule has 0 aliphatic rings. The van der Waals surface area contributed by atoms with E-state index in [4.69, 9.17) is 5.73 Å². The van der Waals surface area contributed by atoms with E-state index in [1.807, 2.05) is 0 Å². The molecule has 0 aliphatic heterocycles. The van der Waals surface area contributed by atoms with Crippen molar-refractivity contribution in [2.24, 2.45) is 5.73 Å². The van der Waals surface area contributed by atoms with Crippen molar-refractivity contribution in [1.82, 2.24) is 5.32 Å². The molecule has 0 bridgehead atoms. The van der Waals surface area contributed by atoms with E-state index in [9.17, 15) is 17.6 Å². The summed E-state index contributed by atoms with van der Waals surface area (Å²) in [6, 6.07) is 2.29. The average molecular weight is 250 g/mol. The molecule has 0 radical (unpaired) electrons. The van der Waals surface area contributed by atoms with Gasteiger partial charge in [0.2, 0.25) is 0 Å². The van der Waals surface area contributed by atoms with E-state index in [0.29, 0.717) is 6.54 Å². The van der Waals surface area contributed by atoms with Gasteiger partial charge in [0.25, 0.3) is 0 Å². The van der Waals surface area contributed by atoms with Gasteiger partial charge < -0.3 is 11.1 Å². The SMILES string of the molecule is CC(CN)NCc1cc(C(F)(F)F)ccc1F. The predicted molar refractivity (Wildman–Crippen MR) is 56.8 cm³/mol. The molecule has 96 valence electrons. The van der Waals surface area contributed by atoms with Crippen LogP contribution in [-0.4, -0.2) is 12.6 Å². The largest absolute Gasteiger partial charge is 0.416 e. The molecule has 1 aromatic carbocycles. The highest BCUT2D eigenvalue weighted by molar-refractivity contribution is 5.27. The van der Waals surface area contributed by atoms with Gasteiger partial charge in [-0.25, -0.2) is 4.39 Å². The summed E-state index contributed by atoms with van der Waals surface area (Å²) in [4.78, 5) is 0. The number of nitrogens with one attached hydrogen (secondary N) is 1. The molecule has 0 fully saturated rings. The highest BCUT2D eigenvalue weighted by atomic mass is 19.4. The number of benzene rings is 1. The Morgan fingerprint density at radius 3 is 2.53 bits per heavy atom. The first-order chi connectivity index (χ1) is 7.84. The van der Waals surface area contributed by atoms with Gasteiger partial charge in [-0.3, -0.25) is 0 Å². The molecule has 6 heteroatoms. The maximum atomic E-state index is 13.3. The van der Waals surface area contributed by atoms with Crippen LogP contribution in [0.25, 0.3) is 0 Å². The second kappa shape index (κ2) is 5.46. The van der Waals surface area contributed by atoms with Gasteiger partial charge in [0.05, 0.1) is 5.56 Å². The van der Waals surface area contributed by atoms with Crippen molar-refractivity contribution in [2.75, 3.05) is 6.54 Å². The molecule has 1 atom stereocenters. The van der Waals surface area contributed by atoms with Crippen LogP contribution in [0.15, 0.2) is 18.2 Å². The molecule has 17 heavy (non-hydrogen) atoms. The summed E-state index contributed by atoms with van der Waals surface area (Å²) in [5.41, 5.74) is 4.47. The Hall–Kier alpha value is -1.14. The third-order valence-electron chi connectivity index (χ3n) is 2.37. The normalized spacial score (nSPS) is 13.8. The summed E-state index contributed by atoms with van der Waals surface area (Å²) >= 11 is 0. The van der Waals surface area contributed by atoms with Gasteiger partial charge in [0.1, 0.15) is 5.82 Å². The van der Waals surface area contributed by atoms with Gasteiger partial charge in [-0.15, -0.1) is 0 Å². The maximum absolute atomic E-state index is 13.3.